The van der Waals surface area contributed by atoms with Crippen LogP contribution in [0.2, 0.25) is 0 Å². The number of aromatic nitrogens is 1. The number of carbonyl (C=O) groups excluding carboxylic acids is 1. The van der Waals surface area contributed by atoms with Gasteiger partial charge in [-0.15, -0.1) is 0 Å². The fourth-order valence-corrected chi connectivity index (χ4v) is 2.39. The Hall–Kier alpha value is -2.36. The molecule has 1 aromatic heterocycles. The fraction of sp³-hybridized carbons (Fsp3) is 0.368. The van der Waals surface area contributed by atoms with Crippen molar-refractivity contribution in [3.8, 4) is 0 Å². The first-order valence-electron chi connectivity index (χ1n) is 7.82. The number of hydrogen-bond acceptors (Lipinski definition) is 2. The van der Waals surface area contributed by atoms with Crippen molar-refractivity contribution in [1.82, 2.24) is 9.88 Å². The highest BCUT2D eigenvalue weighted by molar-refractivity contribution is 5.76. The van der Waals surface area contributed by atoms with E-state index in [1.54, 1.807) is 18.3 Å². The van der Waals surface area contributed by atoms with Gasteiger partial charge in [-0.2, -0.15) is 0 Å². The quantitative estimate of drug-likeness (QED) is 0.943. The molecule has 1 aromatic carbocycles. The van der Waals surface area contributed by atoms with E-state index in [2.05, 4.69) is 38.2 Å². The molecule has 0 fully saturated rings. The fourth-order valence-electron chi connectivity index (χ4n) is 2.39. The van der Waals surface area contributed by atoms with E-state index in [1.165, 1.54) is 16.2 Å². The summed E-state index contributed by atoms with van der Waals surface area (Å²) in [6.07, 6.45) is 1.62. The highest BCUT2D eigenvalue weighted by Crippen LogP contribution is 2.23. The Morgan fingerprint density at radius 3 is 2.35 bits per heavy atom. The van der Waals surface area contributed by atoms with Crippen molar-refractivity contribution in [3.05, 3.63) is 70.1 Å². The lowest BCUT2D eigenvalue weighted by molar-refractivity contribution is -0.122. The van der Waals surface area contributed by atoms with Crippen molar-refractivity contribution in [2.75, 3.05) is 0 Å². The van der Waals surface area contributed by atoms with Crippen LogP contribution in [0, 0.1) is 0 Å². The summed E-state index contributed by atoms with van der Waals surface area (Å²) in [4.78, 5) is 23.7. The second-order valence-electron chi connectivity index (χ2n) is 6.83. The molecule has 0 aliphatic heterocycles. The molecule has 0 aliphatic carbocycles. The predicted molar refractivity (Wildman–Crippen MR) is 92.4 cm³/mol. The monoisotopic (exact) mass is 312 g/mol. The van der Waals surface area contributed by atoms with Crippen molar-refractivity contribution in [1.29, 1.82) is 0 Å². The molecule has 0 bridgehead atoms. The summed E-state index contributed by atoms with van der Waals surface area (Å²) in [5, 5.41) is 2.93. The zero-order valence-corrected chi connectivity index (χ0v) is 14.2. The van der Waals surface area contributed by atoms with E-state index in [9.17, 15) is 9.59 Å². The van der Waals surface area contributed by atoms with Gasteiger partial charge in [0.25, 0.3) is 5.56 Å². The summed E-state index contributed by atoms with van der Waals surface area (Å²) in [5.41, 5.74) is 2.24. The van der Waals surface area contributed by atoms with Gasteiger partial charge in [0, 0.05) is 12.3 Å². The molecule has 4 heteroatoms. The van der Waals surface area contributed by atoms with E-state index in [4.69, 9.17) is 0 Å². The SMILES string of the molecule is CC(NC(=O)Cn1ccccc1=O)c1ccc(C(C)(C)C)cc1. The molecule has 23 heavy (non-hydrogen) atoms. The zero-order valence-electron chi connectivity index (χ0n) is 14.2. The molecule has 0 saturated heterocycles. The maximum Gasteiger partial charge on any atom is 0.250 e. The van der Waals surface area contributed by atoms with Crippen LogP contribution in [0.4, 0.5) is 0 Å². The summed E-state index contributed by atoms with van der Waals surface area (Å²) in [5.74, 6) is -0.175. The summed E-state index contributed by atoms with van der Waals surface area (Å²) in [7, 11) is 0. The number of nitrogens with one attached hydrogen (secondary N) is 1. The topological polar surface area (TPSA) is 51.1 Å². The van der Waals surface area contributed by atoms with Crippen LogP contribution in [0.3, 0.4) is 0 Å². The summed E-state index contributed by atoms with van der Waals surface area (Å²) in [6.45, 7) is 8.49. The van der Waals surface area contributed by atoms with Gasteiger partial charge in [-0.1, -0.05) is 51.1 Å². The Morgan fingerprint density at radius 1 is 1.13 bits per heavy atom. The first-order chi connectivity index (χ1) is 10.8. The minimum Gasteiger partial charge on any atom is -0.348 e. The molecule has 1 amide bonds. The third kappa shape index (κ3) is 4.55. The second kappa shape index (κ2) is 6.82. The Labute approximate surface area is 137 Å². The van der Waals surface area contributed by atoms with Crippen molar-refractivity contribution in [2.45, 2.75) is 45.7 Å². The van der Waals surface area contributed by atoms with Crippen LogP contribution < -0.4 is 10.9 Å². The lowest BCUT2D eigenvalue weighted by Crippen LogP contribution is -2.33. The average molecular weight is 312 g/mol. The lowest BCUT2D eigenvalue weighted by Gasteiger charge is -2.21. The molecule has 1 N–H and O–H groups in total. The first kappa shape index (κ1) is 17.0. The van der Waals surface area contributed by atoms with E-state index in [1.807, 2.05) is 19.1 Å². The number of hydrogen-bond donors (Lipinski definition) is 1. The molecule has 0 aliphatic rings. The number of rotatable bonds is 4. The molecule has 0 saturated carbocycles. The van der Waals surface area contributed by atoms with Gasteiger partial charge in [-0.25, -0.2) is 0 Å². The van der Waals surface area contributed by atoms with Crippen LogP contribution >= 0.6 is 0 Å². The van der Waals surface area contributed by atoms with E-state index < -0.39 is 0 Å². The number of pyridine rings is 1. The molecule has 1 atom stereocenters. The van der Waals surface area contributed by atoms with Crippen LogP contribution in [0.5, 0.6) is 0 Å². The third-order valence-corrected chi connectivity index (χ3v) is 3.87. The Bertz CT molecular complexity index is 724. The standard InChI is InChI=1S/C19H24N2O2/c1-14(15-8-10-16(11-9-15)19(2,3)4)20-17(22)13-21-12-6-5-7-18(21)23/h5-12,14H,13H2,1-4H3,(H,20,22). The molecular weight excluding hydrogens is 288 g/mol. The van der Waals surface area contributed by atoms with Crippen molar-refractivity contribution < 1.29 is 4.79 Å². The number of carbonyl (C=O) groups is 1. The molecule has 0 radical (unpaired) electrons. The number of amides is 1. The number of benzene rings is 1. The van der Waals surface area contributed by atoms with E-state index in [0.717, 1.165) is 5.56 Å². The van der Waals surface area contributed by atoms with Crippen LogP contribution in [-0.2, 0) is 16.8 Å². The molecule has 1 unspecified atom stereocenters. The summed E-state index contributed by atoms with van der Waals surface area (Å²) < 4.78 is 1.39. The minimum atomic E-state index is -0.176. The minimum absolute atomic E-state index is 0.0318. The highest BCUT2D eigenvalue weighted by Gasteiger charge is 2.15. The van der Waals surface area contributed by atoms with Crippen molar-refractivity contribution in [2.24, 2.45) is 0 Å². The average Bonchev–Trinajstić information content (AvgIpc) is 2.49. The largest absolute Gasteiger partial charge is 0.348 e. The van der Waals surface area contributed by atoms with Crippen molar-refractivity contribution in [3.63, 3.8) is 0 Å². The number of nitrogens with zero attached hydrogens (tertiary/aromatic N) is 1. The molecule has 122 valence electrons. The van der Waals surface area contributed by atoms with Crippen LogP contribution in [-0.4, -0.2) is 10.5 Å². The van der Waals surface area contributed by atoms with Crippen LogP contribution in [0.15, 0.2) is 53.5 Å². The van der Waals surface area contributed by atoms with Gasteiger partial charge >= 0.3 is 0 Å². The van der Waals surface area contributed by atoms with E-state index in [0.29, 0.717) is 0 Å². The molecule has 0 spiro atoms. The third-order valence-electron chi connectivity index (χ3n) is 3.87. The predicted octanol–water partition coefficient (Wildman–Crippen LogP) is 3.02. The Balaban J connectivity index is 2.01. The maximum atomic E-state index is 12.1. The van der Waals surface area contributed by atoms with Crippen LogP contribution in [0.25, 0.3) is 0 Å². The zero-order chi connectivity index (χ0) is 17.0. The van der Waals surface area contributed by atoms with Gasteiger partial charge in [0.05, 0.1) is 6.04 Å². The molecule has 4 nitrogen and oxygen atoms in total. The molecule has 2 aromatic rings. The first-order valence-corrected chi connectivity index (χ1v) is 7.82. The smallest absolute Gasteiger partial charge is 0.250 e. The highest BCUT2D eigenvalue weighted by atomic mass is 16.2. The Morgan fingerprint density at radius 2 is 1.78 bits per heavy atom. The van der Waals surface area contributed by atoms with E-state index >= 15 is 0 Å². The lowest BCUT2D eigenvalue weighted by atomic mass is 9.86. The van der Waals surface area contributed by atoms with Gasteiger partial charge in [0.2, 0.25) is 5.91 Å². The van der Waals surface area contributed by atoms with Gasteiger partial charge in [-0.3, -0.25) is 9.59 Å². The summed E-state index contributed by atoms with van der Waals surface area (Å²) in [6, 6.07) is 13.0. The maximum absolute atomic E-state index is 12.1. The molecule has 1 heterocycles. The van der Waals surface area contributed by atoms with Gasteiger partial charge in [0.15, 0.2) is 0 Å². The normalized spacial score (nSPS) is 12.7. The van der Waals surface area contributed by atoms with Gasteiger partial charge in [-0.05, 0) is 29.5 Å². The molecule has 2 rings (SSSR count). The van der Waals surface area contributed by atoms with Gasteiger partial charge in [0.1, 0.15) is 6.54 Å². The molecular formula is C19H24N2O2. The van der Waals surface area contributed by atoms with Crippen molar-refractivity contribution >= 4 is 5.91 Å². The van der Waals surface area contributed by atoms with Gasteiger partial charge < -0.3 is 9.88 Å². The second-order valence-corrected chi connectivity index (χ2v) is 6.83. The Kier molecular flexibility index (Phi) is 5.04. The van der Waals surface area contributed by atoms with E-state index in [-0.39, 0.29) is 29.5 Å². The summed E-state index contributed by atoms with van der Waals surface area (Å²) >= 11 is 0. The van der Waals surface area contributed by atoms with Crippen LogP contribution in [0.1, 0.15) is 44.9 Å².